The maximum atomic E-state index is 8.64. The van der Waals surface area contributed by atoms with Gasteiger partial charge in [0.2, 0.25) is 0 Å². The summed E-state index contributed by atoms with van der Waals surface area (Å²) in [5.41, 5.74) is 1.78. The van der Waals surface area contributed by atoms with Crippen molar-refractivity contribution < 1.29 is 15.1 Å². The molecular formula is C14H21NO3. The van der Waals surface area contributed by atoms with E-state index in [1.165, 1.54) is 0 Å². The van der Waals surface area contributed by atoms with E-state index < -0.39 is 0 Å². The molecule has 18 heavy (non-hydrogen) atoms. The third-order valence-electron chi connectivity index (χ3n) is 2.63. The van der Waals surface area contributed by atoms with Crippen LogP contribution in [0.4, 0.5) is 0 Å². The highest BCUT2D eigenvalue weighted by molar-refractivity contribution is 5.83. The van der Waals surface area contributed by atoms with Gasteiger partial charge >= 0.3 is 0 Å². The lowest BCUT2D eigenvalue weighted by molar-refractivity contribution is 0.266. The average molecular weight is 251 g/mol. The van der Waals surface area contributed by atoms with E-state index in [1.54, 1.807) is 6.92 Å². The largest absolute Gasteiger partial charge is 0.494 e. The molecule has 0 atom stereocenters. The zero-order chi connectivity index (χ0) is 13.2. The van der Waals surface area contributed by atoms with Crippen molar-refractivity contribution in [1.29, 1.82) is 0 Å². The van der Waals surface area contributed by atoms with Crippen molar-refractivity contribution in [3.05, 3.63) is 29.8 Å². The molecule has 100 valence electrons. The van der Waals surface area contributed by atoms with Gasteiger partial charge in [-0.25, -0.2) is 0 Å². The smallest absolute Gasteiger partial charge is 0.119 e. The van der Waals surface area contributed by atoms with Gasteiger partial charge in [0.25, 0.3) is 0 Å². The van der Waals surface area contributed by atoms with Crippen LogP contribution < -0.4 is 4.74 Å². The molecule has 0 heterocycles. The Hall–Kier alpha value is -1.55. The minimum Gasteiger partial charge on any atom is -0.494 e. The highest BCUT2D eigenvalue weighted by Gasteiger charge is 1.98. The van der Waals surface area contributed by atoms with E-state index in [0.717, 1.165) is 30.6 Å². The second-order valence-electron chi connectivity index (χ2n) is 4.29. The number of nitrogens with zero attached hydrogens (tertiary/aromatic N) is 1. The number of aliphatic hydroxyl groups is 1. The van der Waals surface area contributed by atoms with Crippen molar-refractivity contribution in [3.63, 3.8) is 0 Å². The van der Waals surface area contributed by atoms with Crippen LogP contribution in [-0.2, 0) is 6.42 Å². The second-order valence-corrected chi connectivity index (χ2v) is 4.29. The molecule has 0 aromatic heterocycles. The van der Waals surface area contributed by atoms with Crippen LogP contribution in [0, 0.1) is 0 Å². The van der Waals surface area contributed by atoms with E-state index in [9.17, 15) is 0 Å². The molecule has 1 aromatic rings. The molecule has 4 heteroatoms. The van der Waals surface area contributed by atoms with Gasteiger partial charge in [0.05, 0.1) is 12.3 Å². The van der Waals surface area contributed by atoms with Gasteiger partial charge in [0.15, 0.2) is 0 Å². The van der Waals surface area contributed by atoms with Crippen LogP contribution in [0.3, 0.4) is 0 Å². The molecule has 0 fully saturated rings. The fraction of sp³-hybridized carbons (Fsp3) is 0.500. The molecule has 0 amide bonds. The molecule has 0 unspecified atom stereocenters. The number of ether oxygens (including phenoxy) is 1. The number of oxime groups is 1. The van der Waals surface area contributed by atoms with Gasteiger partial charge in [-0.05, 0) is 43.9 Å². The Labute approximate surface area is 108 Å². The van der Waals surface area contributed by atoms with Crippen LogP contribution in [0.5, 0.6) is 5.75 Å². The number of unbranched alkanes of at least 4 members (excludes halogenated alkanes) is 2. The van der Waals surface area contributed by atoms with E-state index in [4.69, 9.17) is 15.1 Å². The first-order chi connectivity index (χ1) is 8.76. The van der Waals surface area contributed by atoms with Crippen LogP contribution in [-0.4, -0.2) is 29.2 Å². The topological polar surface area (TPSA) is 62.0 Å². The van der Waals surface area contributed by atoms with Gasteiger partial charge in [-0.3, -0.25) is 0 Å². The standard InChI is InChI=1S/C14H21NO3/c1-12(15-17)11-13-5-7-14(8-6-13)18-10-4-2-3-9-16/h5-8,16-17H,2-4,9-11H2,1H3/b15-12-. The zero-order valence-electron chi connectivity index (χ0n) is 10.8. The van der Waals surface area contributed by atoms with E-state index >= 15 is 0 Å². The first kappa shape index (κ1) is 14.5. The summed E-state index contributed by atoms with van der Waals surface area (Å²) in [6, 6.07) is 7.79. The molecule has 0 aliphatic rings. The van der Waals surface area contributed by atoms with Gasteiger partial charge in [0, 0.05) is 13.0 Å². The summed E-state index contributed by atoms with van der Waals surface area (Å²) in [5.74, 6) is 0.848. The predicted octanol–water partition coefficient (Wildman–Crippen LogP) is 2.62. The lowest BCUT2D eigenvalue weighted by atomic mass is 10.1. The molecule has 0 spiro atoms. The molecule has 2 N–H and O–H groups in total. The first-order valence-corrected chi connectivity index (χ1v) is 6.26. The third-order valence-corrected chi connectivity index (χ3v) is 2.63. The monoisotopic (exact) mass is 251 g/mol. The maximum Gasteiger partial charge on any atom is 0.119 e. The lowest BCUT2D eigenvalue weighted by Crippen LogP contribution is -1.99. The minimum atomic E-state index is 0.250. The Morgan fingerprint density at radius 2 is 1.89 bits per heavy atom. The average Bonchev–Trinajstić information content (AvgIpc) is 2.40. The van der Waals surface area contributed by atoms with Crippen LogP contribution in [0.15, 0.2) is 29.4 Å². The summed E-state index contributed by atoms with van der Waals surface area (Å²) in [5, 5.41) is 20.4. The second kappa shape index (κ2) is 8.53. The van der Waals surface area contributed by atoms with Crippen LogP contribution >= 0.6 is 0 Å². The Kier molecular flexibility index (Phi) is 6.87. The minimum absolute atomic E-state index is 0.250. The zero-order valence-corrected chi connectivity index (χ0v) is 10.8. The van der Waals surface area contributed by atoms with Crippen molar-refractivity contribution in [2.75, 3.05) is 13.2 Å². The van der Waals surface area contributed by atoms with Crippen molar-refractivity contribution >= 4 is 5.71 Å². The summed E-state index contributed by atoms with van der Waals surface area (Å²) >= 11 is 0. The molecule has 0 bridgehead atoms. The van der Waals surface area contributed by atoms with E-state index in [2.05, 4.69) is 5.16 Å². The molecule has 4 nitrogen and oxygen atoms in total. The molecule has 0 saturated heterocycles. The van der Waals surface area contributed by atoms with Crippen LogP contribution in [0.2, 0.25) is 0 Å². The Bertz CT molecular complexity index is 360. The van der Waals surface area contributed by atoms with Crippen molar-refractivity contribution in [3.8, 4) is 5.75 Å². The van der Waals surface area contributed by atoms with Crippen LogP contribution in [0.25, 0.3) is 0 Å². The quantitative estimate of drug-likeness (QED) is 0.323. The molecule has 0 aliphatic carbocycles. The maximum absolute atomic E-state index is 8.64. The number of hydrogen-bond acceptors (Lipinski definition) is 4. The van der Waals surface area contributed by atoms with E-state index in [-0.39, 0.29) is 6.61 Å². The Morgan fingerprint density at radius 3 is 2.50 bits per heavy atom. The van der Waals surface area contributed by atoms with Gasteiger partial charge in [-0.2, -0.15) is 0 Å². The summed E-state index contributed by atoms with van der Waals surface area (Å²) < 4.78 is 5.58. The van der Waals surface area contributed by atoms with Crippen molar-refractivity contribution in [1.82, 2.24) is 0 Å². The summed E-state index contributed by atoms with van der Waals surface area (Å²) in [7, 11) is 0. The van der Waals surface area contributed by atoms with Crippen molar-refractivity contribution in [2.24, 2.45) is 5.16 Å². The van der Waals surface area contributed by atoms with Crippen LogP contribution in [0.1, 0.15) is 31.7 Å². The SMILES string of the molecule is C/C(Cc1ccc(OCCCCCO)cc1)=N/O. The molecule has 0 saturated carbocycles. The highest BCUT2D eigenvalue weighted by atomic mass is 16.5. The van der Waals surface area contributed by atoms with Gasteiger partial charge in [-0.1, -0.05) is 17.3 Å². The normalized spacial score (nSPS) is 11.6. The third kappa shape index (κ3) is 5.68. The fourth-order valence-corrected chi connectivity index (χ4v) is 1.61. The number of benzene rings is 1. The summed E-state index contributed by atoms with van der Waals surface area (Å²) in [6.07, 6.45) is 3.43. The predicted molar refractivity (Wildman–Crippen MR) is 71.5 cm³/mol. The van der Waals surface area contributed by atoms with Crippen molar-refractivity contribution in [2.45, 2.75) is 32.6 Å². The van der Waals surface area contributed by atoms with E-state index in [0.29, 0.717) is 18.7 Å². The first-order valence-electron chi connectivity index (χ1n) is 6.26. The van der Waals surface area contributed by atoms with Gasteiger partial charge < -0.3 is 15.1 Å². The Balaban J connectivity index is 2.31. The fourth-order valence-electron chi connectivity index (χ4n) is 1.61. The lowest BCUT2D eigenvalue weighted by Gasteiger charge is -2.06. The number of rotatable bonds is 8. The molecular weight excluding hydrogens is 230 g/mol. The molecule has 0 aliphatic heterocycles. The Morgan fingerprint density at radius 1 is 1.17 bits per heavy atom. The molecule has 1 aromatic carbocycles. The summed E-state index contributed by atoms with van der Waals surface area (Å²) in [6.45, 7) is 2.71. The summed E-state index contributed by atoms with van der Waals surface area (Å²) in [4.78, 5) is 0. The highest BCUT2D eigenvalue weighted by Crippen LogP contribution is 2.13. The number of hydrogen-bond donors (Lipinski definition) is 2. The van der Waals surface area contributed by atoms with Gasteiger partial charge in [0.1, 0.15) is 5.75 Å². The van der Waals surface area contributed by atoms with E-state index in [1.807, 2.05) is 24.3 Å². The van der Waals surface area contributed by atoms with Gasteiger partial charge in [-0.15, -0.1) is 0 Å². The molecule has 0 radical (unpaired) electrons. The number of aliphatic hydroxyl groups excluding tert-OH is 1. The molecule has 1 rings (SSSR count).